The molecule has 15 heavy (non-hydrogen) atoms. The average Bonchev–Trinajstić information content (AvgIpc) is 2.73. The Morgan fingerprint density at radius 3 is 2.93 bits per heavy atom. The first kappa shape index (κ1) is 11.8. The number of carbonyl (C=O) groups is 1. The summed E-state index contributed by atoms with van der Waals surface area (Å²) in [6.07, 6.45) is 6.85. The molecule has 4 nitrogen and oxygen atoms in total. The monoisotopic (exact) mass is 209 g/mol. The molecule has 4 heteroatoms. The van der Waals surface area contributed by atoms with Crippen molar-refractivity contribution in [2.24, 2.45) is 4.99 Å². The molecule has 0 aliphatic carbocycles. The number of aliphatic hydroxyl groups is 1. The first-order valence-corrected chi connectivity index (χ1v) is 4.84. The van der Waals surface area contributed by atoms with E-state index in [4.69, 9.17) is 9.84 Å². The van der Waals surface area contributed by atoms with Crippen LogP contribution < -0.4 is 0 Å². The van der Waals surface area contributed by atoms with E-state index in [-0.39, 0.29) is 19.0 Å². The van der Waals surface area contributed by atoms with Crippen LogP contribution in [0, 0.1) is 0 Å². The highest BCUT2D eigenvalue weighted by Gasteiger charge is 2.33. The third-order valence-electron chi connectivity index (χ3n) is 2.24. The summed E-state index contributed by atoms with van der Waals surface area (Å²) in [5, 5.41) is 8.53. The molecule has 0 radical (unpaired) electrons. The predicted molar refractivity (Wildman–Crippen MR) is 58.1 cm³/mol. The lowest BCUT2D eigenvalue weighted by molar-refractivity contribution is -0.118. The smallest absolute Gasteiger partial charge is 0.186 e. The lowest BCUT2D eigenvalue weighted by Crippen LogP contribution is -2.33. The average molecular weight is 209 g/mol. The summed E-state index contributed by atoms with van der Waals surface area (Å²) < 4.78 is 5.12. The molecule has 0 aromatic rings. The number of hydrogen-bond donors (Lipinski definition) is 1. The van der Waals surface area contributed by atoms with E-state index in [9.17, 15) is 4.79 Å². The minimum absolute atomic E-state index is 0.0124. The maximum absolute atomic E-state index is 11.6. The Bertz CT molecular complexity index is 282. The number of carbonyl (C=O) groups excluding carboxylic acids is 1. The highest BCUT2D eigenvalue weighted by molar-refractivity contribution is 6.02. The number of ether oxygens (including phenoxy) is 1. The Morgan fingerprint density at radius 2 is 2.40 bits per heavy atom. The van der Waals surface area contributed by atoms with Gasteiger partial charge in [-0.3, -0.25) is 9.79 Å². The standard InChI is InChI=1S/C11H15NO3/c1-2-10(14)11(4-3-6-12-11)5-8-15-9-7-13/h2-4,6,13H,1,5,7-9H2. The Balaban J connectivity index is 2.52. The van der Waals surface area contributed by atoms with Crippen molar-refractivity contribution < 1.29 is 14.6 Å². The van der Waals surface area contributed by atoms with E-state index in [1.807, 2.05) is 0 Å². The number of nitrogens with zero attached hydrogens (tertiary/aromatic N) is 1. The molecule has 1 N–H and O–H groups in total. The number of aliphatic hydroxyl groups excluding tert-OH is 1. The fourth-order valence-corrected chi connectivity index (χ4v) is 1.41. The van der Waals surface area contributed by atoms with E-state index in [0.717, 1.165) is 0 Å². The summed E-state index contributed by atoms with van der Waals surface area (Å²) in [6.45, 7) is 4.12. The quantitative estimate of drug-likeness (QED) is 0.491. The van der Waals surface area contributed by atoms with Crippen LogP contribution in [0.3, 0.4) is 0 Å². The van der Waals surface area contributed by atoms with Gasteiger partial charge in [0.1, 0.15) is 5.54 Å². The van der Waals surface area contributed by atoms with Crippen molar-refractivity contribution in [2.75, 3.05) is 19.8 Å². The van der Waals surface area contributed by atoms with Crippen LogP contribution in [0.15, 0.2) is 29.8 Å². The summed E-state index contributed by atoms with van der Waals surface area (Å²) >= 11 is 0. The van der Waals surface area contributed by atoms with Gasteiger partial charge in [-0.15, -0.1) is 0 Å². The van der Waals surface area contributed by atoms with Crippen LogP contribution in [0.5, 0.6) is 0 Å². The molecular weight excluding hydrogens is 194 g/mol. The van der Waals surface area contributed by atoms with E-state index in [1.165, 1.54) is 6.08 Å². The molecule has 0 saturated heterocycles. The normalized spacial score (nSPS) is 23.3. The summed E-state index contributed by atoms with van der Waals surface area (Å²) in [5.74, 6) is -0.125. The van der Waals surface area contributed by atoms with Gasteiger partial charge >= 0.3 is 0 Å². The van der Waals surface area contributed by atoms with Gasteiger partial charge in [0.15, 0.2) is 5.78 Å². The zero-order valence-electron chi connectivity index (χ0n) is 8.56. The summed E-state index contributed by atoms with van der Waals surface area (Å²) in [5.41, 5.74) is -0.822. The van der Waals surface area contributed by atoms with Gasteiger partial charge in [-0.2, -0.15) is 0 Å². The first-order valence-electron chi connectivity index (χ1n) is 4.84. The molecule has 0 aromatic heterocycles. The second-order valence-corrected chi connectivity index (χ2v) is 3.22. The second kappa shape index (κ2) is 5.58. The molecule has 0 aromatic carbocycles. The minimum Gasteiger partial charge on any atom is -0.394 e. The van der Waals surface area contributed by atoms with Crippen molar-refractivity contribution in [1.29, 1.82) is 0 Å². The largest absolute Gasteiger partial charge is 0.394 e. The molecule has 82 valence electrons. The van der Waals surface area contributed by atoms with Crippen molar-refractivity contribution in [3.8, 4) is 0 Å². The van der Waals surface area contributed by atoms with Crippen molar-refractivity contribution in [3.05, 3.63) is 24.8 Å². The third-order valence-corrected chi connectivity index (χ3v) is 2.24. The number of ketones is 1. The van der Waals surface area contributed by atoms with Gasteiger partial charge in [-0.05, 0) is 18.2 Å². The molecule has 1 rings (SSSR count). The van der Waals surface area contributed by atoms with Crippen LogP contribution in [0.1, 0.15) is 6.42 Å². The van der Waals surface area contributed by atoms with Gasteiger partial charge in [0.25, 0.3) is 0 Å². The molecule has 1 heterocycles. The number of rotatable bonds is 7. The summed E-state index contributed by atoms with van der Waals surface area (Å²) in [7, 11) is 0. The van der Waals surface area contributed by atoms with Gasteiger partial charge < -0.3 is 9.84 Å². The van der Waals surface area contributed by atoms with Crippen LogP contribution in [-0.2, 0) is 9.53 Å². The van der Waals surface area contributed by atoms with Crippen molar-refractivity contribution in [1.82, 2.24) is 0 Å². The lowest BCUT2D eigenvalue weighted by atomic mass is 9.92. The van der Waals surface area contributed by atoms with E-state index in [1.54, 1.807) is 18.4 Å². The van der Waals surface area contributed by atoms with Crippen LogP contribution in [0.2, 0.25) is 0 Å². The maximum Gasteiger partial charge on any atom is 0.186 e. The van der Waals surface area contributed by atoms with Gasteiger partial charge in [-0.25, -0.2) is 0 Å². The molecule has 1 aliphatic heterocycles. The molecule has 0 spiro atoms. The van der Waals surface area contributed by atoms with Crippen LogP contribution in [0.4, 0.5) is 0 Å². The van der Waals surface area contributed by atoms with E-state index >= 15 is 0 Å². The number of aliphatic imine (C=N–C) groups is 1. The highest BCUT2D eigenvalue weighted by atomic mass is 16.5. The molecule has 1 atom stereocenters. The molecule has 0 bridgehead atoms. The zero-order valence-corrected chi connectivity index (χ0v) is 8.56. The molecular formula is C11H15NO3. The Hall–Kier alpha value is -1.26. The lowest BCUT2D eigenvalue weighted by Gasteiger charge is -2.20. The first-order chi connectivity index (χ1) is 7.25. The van der Waals surface area contributed by atoms with Gasteiger partial charge in [-0.1, -0.05) is 6.58 Å². The number of hydrogen-bond acceptors (Lipinski definition) is 4. The second-order valence-electron chi connectivity index (χ2n) is 3.22. The third kappa shape index (κ3) is 2.84. The fourth-order valence-electron chi connectivity index (χ4n) is 1.41. The van der Waals surface area contributed by atoms with Gasteiger partial charge in [0, 0.05) is 19.2 Å². The van der Waals surface area contributed by atoms with Crippen molar-refractivity contribution in [2.45, 2.75) is 12.0 Å². The SMILES string of the molecule is C=CC(=O)C1(CCOCCO)C=CC=N1. The molecule has 1 aliphatic rings. The van der Waals surface area contributed by atoms with E-state index in [2.05, 4.69) is 11.6 Å². The van der Waals surface area contributed by atoms with Crippen LogP contribution in [-0.4, -0.2) is 42.5 Å². The Labute approximate surface area is 89.0 Å². The Morgan fingerprint density at radius 1 is 1.60 bits per heavy atom. The minimum atomic E-state index is -0.822. The van der Waals surface area contributed by atoms with Crippen molar-refractivity contribution >= 4 is 12.0 Å². The molecule has 0 amide bonds. The topological polar surface area (TPSA) is 58.9 Å². The van der Waals surface area contributed by atoms with Gasteiger partial charge in [0.05, 0.1) is 13.2 Å². The Kier molecular flexibility index (Phi) is 4.39. The number of allylic oxidation sites excluding steroid dienone is 1. The summed E-state index contributed by atoms with van der Waals surface area (Å²) in [6, 6.07) is 0. The van der Waals surface area contributed by atoms with Gasteiger partial charge in [0.2, 0.25) is 0 Å². The van der Waals surface area contributed by atoms with Crippen LogP contribution in [0.25, 0.3) is 0 Å². The summed E-state index contributed by atoms with van der Waals surface area (Å²) in [4.78, 5) is 15.7. The van der Waals surface area contributed by atoms with Crippen molar-refractivity contribution in [3.63, 3.8) is 0 Å². The highest BCUT2D eigenvalue weighted by Crippen LogP contribution is 2.23. The molecule has 0 saturated carbocycles. The predicted octanol–water partition coefficient (Wildman–Crippen LogP) is 0.520. The van der Waals surface area contributed by atoms with Crippen LogP contribution >= 0.6 is 0 Å². The zero-order chi connectivity index (χ0) is 11.1. The molecule has 1 unspecified atom stereocenters. The molecule has 0 fully saturated rings. The van der Waals surface area contributed by atoms with E-state index in [0.29, 0.717) is 13.0 Å². The van der Waals surface area contributed by atoms with E-state index < -0.39 is 5.54 Å². The maximum atomic E-state index is 11.6. The fraction of sp³-hybridized carbons (Fsp3) is 0.455.